The normalized spacial score (nSPS) is 10.4. The first-order valence-electron chi connectivity index (χ1n) is 6.25. The summed E-state index contributed by atoms with van der Waals surface area (Å²) in [6.45, 7) is 13.9. The van der Waals surface area contributed by atoms with E-state index >= 15 is 0 Å². The molecule has 92 valence electrons. The van der Waals surface area contributed by atoms with Gasteiger partial charge in [-0.05, 0) is 18.8 Å². The smallest absolute Gasteiger partial charge is 0.108 e. The molecule has 0 saturated heterocycles. The van der Waals surface area contributed by atoms with Crippen LogP contribution < -0.4 is 0 Å². The Hall–Kier alpha value is -0.740. The molecule has 0 radical (unpaired) electrons. The maximum atomic E-state index is 5.43. The van der Waals surface area contributed by atoms with Gasteiger partial charge < -0.3 is 4.74 Å². The van der Waals surface area contributed by atoms with Gasteiger partial charge in [-0.1, -0.05) is 58.1 Å². The highest BCUT2D eigenvalue weighted by molar-refractivity contribution is 5.02. The van der Waals surface area contributed by atoms with Crippen molar-refractivity contribution < 1.29 is 4.74 Å². The second-order valence-corrected chi connectivity index (χ2v) is 5.00. The van der Waals surface area contributed by atoms with Gasteiger partial charge in [0, 0.05) is 5.92 Å². The van der Waals surface area contributed by atoms with Crippen LogP contribution in [0.5, 0.6) is 0 Å². The maximum absolute atomic E-state index is 5.43. The monoisotopic (exact) mass is 222 g/mol. The van der Waals surface area contributed by atoms with Crippen molar-refractivity contribution in [2.75, 3.05) is 13.2 Å². The molecule has 0 spiro atoms. The van der Waals surface area contributed by atoms with Gasteiger partial charge in [0.2, 0.25) is 0 Å². The molecule has 0 saturated carbocycles. The third-order valence-electron chi connectivity index (χ3n) is 2.18. The molecule has 0 heterocycles. The molecule has 0 aliphatic carbocycles. The summed E-state index contributed by atoms with van der Waals surface area (Å²) in [5.41, 5.74) is 1.19. The second-order valence-electron chi connectivity index (χ2n) is 5.00. The molecule has 0 bridgehead atoms. The Kier molecular flexibility index (Phi) is 9.04. The molecular formula is C15H26O. The molecule has 1 heteroatoms. The van der Waals surface area contributed by atoms with Gasteiger partial charge in [-0.25, -0.2) is 0 Å². The summed E-state index contributed by atoms with van der Waals surface area (Å²) in [7, 11) is 0. The van der Waals surface area contributed by atoms with Crippen molar-refractivity contribution in [3.05, 3.63) is 12.2 Å². The van der Waals surface area contributed by atoms with E-state index in [0.717, 1.165) is 12.3 Å². The van der Waals surface area contributed by atoms with Gasteiger partial charge in [0.1, 0.15) is 6.61 Å². The number of ether oxygens (including phenoxy) is 1. The molecule has 0 atom stereocenters. The van der Waals surface area contributed by atoms with Gasteiger partial charge in [0.05, 0.1) is 6.61 Å². The van der Waals surface area contributed by atoms with Crippen molar-refractivity contribution >= 4 is 0 Å². The fourth-order valence-corrected chi connectivity index (χ4v) is 1.32. The Balaban J connectivity index is 3.42. The quantitative estimate of drug-likeness (QED) is 0.359. The van der Waals surface area contributed by atoms with Crippen molar-refractivity contribution in [2.24, 2.45) is 11.8 Å². The van der Waals surface area contributed by atoms with Crippen LogP contribution in [0, 0.1) is 23.7 Å². The summed E-state index contributed by atoms with van der Waals surface area (Å²) in [6, 6.07) is 0. The van der Waals surface area contributed by atoms with Crippen molar-refractivity contribution in [1.82, 2.24) is 0 Å². The van der Waals surface area contributed by atoms with Crippen LogP contribution in [0.4, 0.5) is 0 Å². The highest BCUT2D eigenvalue weighted by Gasteiger charge is 1.97. The zero-order valence-corrected chi connectivity index (χ0v) is 11.3. The molecule has 0 aliphatic rings. The van der Waals surface area contributed by atoms with Crippen molar-refractivity contribution in [3.8, 4) is 11.8 Å². The zero-order chi connectivity index (χ0) is 12.4. The molecule has 0 rings (SSSR count). The molecule has 0 aromatic carbocycles. The minimum atomic E-state index is 0.429. The van der Waals surface area contributed by atoms with Crippen LogP contribution in [0.2, 0.25) is 0 Å². The Labute approximate surface area is 101 Å². The van der Waals surface area contributed by atoms with Crippen LogP contribution in [0.3, 0.4) is 0 Å². The van der Waals surface area contributed by atoms with Crippen LogP contribution in [0.1, 0.15) is 47.0 Å². The van der Waals surface area contributed by atoms with E-state index in [1.807, 2.05) is 0 Å². The fraction of sp³-hybridized carbons (Fsp3) is 0.733. The summed E-state index contributed by atoms with van der Waals surface area (Å²) in [6.07, 6.45) is 3.57. The van der Waals surface area contributed by atoms with Crippen LogP contribution in [0.25, 0.3) is 0 Å². The fourth-order valence-electron chi connectivity index (χ4n) is 1.32. The van der Waals surface area contributed by atoms with E-state index in [1.165, 1.54) is 18.4 Å². The van der Waals surface area contributed by atoms with Gasteiger partial charge in [0.15, 0.2) is 0 Å². The average molecular weight is 222 g/mol. The summed E-state index contributed by atoms with van der Waals surface area (Å²) >= 11 is 0. The standard InChI is InChI=1S/C15H26O/c1-13(2)8-6-10-15(5)12-16-11-7-9-14(3)4/h13-14H,5-6,8,10-12H2,1-4H3. The Bertz CT molecular complexity index is 240. The van der Waals surface area contributed by atoms with E-state index in [9.17, 15) is 0 Å². The van der Waals surface area contributed by atoms with E-state index < -0.39 is 0 Å². The molecule has 0 amide bonds. The lowest BCUT2D eigenvalue weighted by atomic mass is 10.0. The third kappa shape index (κ3) is 11.3. The first kappa shape index (κ1) is 15.3. The predicted molar refractivity (Wildman–Crippen MR) is 71.3 cm³/mol. The molecule has 0 N–H and O–H groups in total. The minimum absolute atomic E-state index is 0.429. The number of hydrogen-bond acceptors (Lipinski definition) is 1. The second kappa shape index (κ2) is 9.48. The van der Waals surface area contributed by atoms with Crippen LogP contribution >= 0.6 is 0 Å². The van der Waals surface area contributed by atoms with Gasteiger partial charge in [0.25, 0.3) is 0 Å². The summed E-state index contributed by atoms with van der Waals surface area (Å²) in [5.74, 6) is 7.29. The Morgan fingerprint density at radius 1 is 1.25 bits per heavy atom. The molecule has 0 aliphatic heterocycles. The topological polar surface area (TPSA) is 9.23 Å². The molecule has 16 heavy (non-hydrogen) atoms. The van der Waals surface area contributed by atoms with Crippen LogP contribution in [0.15, 0.2) is 12.2 Å². The maximum Gasteiger partial charge on any atom is 0.108 e. The molecule has 0 aromatic heterocycles. The lowest BCUT2D eigenvalue weighted by Crippen LogP contribution is -1.99. The molecular weight excluding hydrogens is 196 g/mol. The highest BCUT2D eigenvalue weighted by Crippen LogP contribution is 2.10. The Morgan fingerprint density at radius 3 is 2.50 bits per heavy atom. The molecule has 1 nitrogen and oxygen atoms in total. The van der Waals surface area contributed by atoms with Crippen LogP contribution in [-0.4, -0.2) is 13.2 Å². The third-order valence-corrected chi connectivity index (χ3v) is 2.18. The summed E-state index contributed by atoms with van der Waals surface area (Å²) in [5, 5.41) is 0. The average Bonchev–Trinajstić information content (AvgIpc) is 2.16. The van der Waals surface area contributed by atoms with E-state index in [1.54, 1.807) is 0 Å². The van der Waals surface area contributed by atoms with E-state index in [-0.39, 0.29) is 0 Å². The lowest BCUT2D eigenvalue weighted by Gasteiger charge is -2.06. The zero-order valence-electron chi connectivity index (χ0n) is 11.3. The largest absolute Gasteiger partial charge is 0.364 e. The predicted octanol–water partition coefficient (Wildman–Crippen LogP) is 4.04. The van der Waals surface area contributed by atoms with E-state index in [4.69, 9.17) is 4.74 Å². The van der Waals surface area contributed by atoms with Gasteiger partial charge >= 0.3 is 0 Å². The number of hydrogen-bond donors (Lipinski definition) is 0. The van der Waals surface area contributed by atoms with Crippen molar-refractivity contribution in [1.29, 1.82) is 0 Å². The van der Waals surface area contributed by atoms with Gasteiger partial charge in [-0.15, -0.1) is 0 Å². The molecule has 0 fully saturated rings. The van der Waals surface area contributed by atoms with E-state index in [0.29, 0.717) is 19.1 Å². The molecule has 0 unspecified atom stereocenters. The molecule has 0 aromatic rings. The summed E-state index contributed by atoms with van der Waals surface area (Å²) in [4.78, 5) is 0. The van der Waals surface area contributed by atoms with Crippen LogP contribution in [-0.2, 0) is 4.74 Å². The number of rotatable bonds is 7. The van der Waals surface area contributed by atoms with Crippen molar-refractivity contribution in [3.63, 3.8) is 0 Å². The minimum Gasteiger partial charge on any atom is -0.364 e. The summed E-state index contributed by atoms with van der Waals surface area (Å²) < 4.78 is 5.43. The van der Waals surface area contributed by atoms with E-state index in [2.05, 4.69) is 46.1 Å². The highest BCUT2D eigenvalue weighted by atomic mass is 16.5. The van der Waals surface area contributed by atoms with Crippen molar-refractivity contribution in [2.45, 2.75) is 47.0 Å². The SMILES string of the molecule is C=C(CCCC(C)C)COCC#CC(C)C. The van der Waals surface area contributed by atoms with Gasteiger partial charge in [-0.3, -0.25) is 0 Å². The first-order chi connectivity index (χ1) is 7.52. The first-order valence-corrected chi connectivity index (χ1v) is 6.25. The lowest BCUT2D eigenvalue weighted by molar-refractivity contribution is 0.189. The van der Waals surface area contributed by atoms with Gasteiger partial charge in [-0.2, -0.15) is 0 Å². The Morgan fingerprint density at radius 2 is 1.94 bits per heavy atom.